The molecule has 2 amide bonds. The number of aliphatic carboxylic acids is 1. The van der Waals surface area contributed by atoms with Crippen LogP contribution in [0.15, 0.2) is 24.3 Å². The maximum absolute atomic E-state index is 11.8. The molecule has 1 unspecified atom stereocenters. The molecule has 0 spiro atoms. The van der Waals surface area contributed by atoms with Crippen LogP contribution in [0.5, 0.6) is 0 Å². The highest BCUT2D eigenvalue weighted by Gasteiger charge is 2.09. The number of nitrogens with one attached hydrogen (secondary N) is 2. The van der Waals surface area contributed by atoms with Gasteiger partial charge in [0.1, 0.15) is 0 Å². The summed E-state index contributed by atoms with van der Waals surface area (Å²) in [4.78, 5) is 22.5. The lowest BCUT2D eigenvalue weighted by Gasteiger charge is -2.15. The number of rotatable bonds is 7. The minimum Gasteiger partial charge on any atom is -0.481 e. The van der Waals surface area contributed by atoms with E-state index in [2.05, 4.69) is 17.6 Å². The number of para-hydroxylation sites is 1. The minimum absolute atomic E-state index is 0.0482. The van der Waals surface area contributed by atoms with Crippen molar-refractivity contribution in [2.45, 2.75) is 45.6 Å². The maximum Gasteiger partial charge on any atom is 0.319 e. The number of amides is 2. The Balaban J connectivity index is 2.62. The molecule has 5 nitrogen and oxygen atoms in total. The van der Waals surface area contributed by atoms with Gasteiger partial charge in [0.15, 0.2) is 0 Å². The van der Waals surface area contributed by atoms with Crippen LogP contribution in [0.1, 0.15) is 38.7 Å². The van der Waals surface area contributed by atoms with Crippen LogP contribution in [0, 0.1) is 0 Å². The topological polar surface area (TPSA) is 78.4 Å². The monoisotopic (exact) mass is 278 g/mol. The van der Waals surface area contributed by atoms with Gasteiger partial charge in [0, 0.05) is 18.2 Å². The smallest absolute Gasteiger partial charge is 0.319 e. The summed E-state index contributed by atoms with van der Waals surface area (Å²) in [5.74, 6) is -0.846. The van der Waals surface area contributed by atoms with Crippen molar-refractivity contribution >= 4 is 17.7 Å². The van der Waals surface area contributed by atoms with Gasteiger partial charge in [-0.25, -0.2) is 4.79 Å². The molecule has 1 rings (SSSR count). The first-order valence-corrected chi connectivity index (χ1v) is 6.90. The van der Waals surface area contributed by atoms with Crippen LogP contribution in [-0.4, -0.2) is 23.1 Å². The third-order valence-electron chi connectivity index (χ3n) is 2.97. The number of benzene rings is 1. The van der Waals surface area contributed by atoms with Crippen molar-refractivity contribution in [1.29, 1.82) is 0 Å². The van der Waals surface area contributed by atoms with Crippen molar-refractivity contribution in [2.75, 3.05) is 5.32 Å². The van der Waals surface area contributed by atoms with Gasteiger partial charge in [-0.3, -0.25) is 4.79 Å². The van der Waals surface area contributed by atoms with Gasteiger partial charge >= 0.3 is 12.0 Å². The standard InChI is InChI=1S/C15H22N2O3/c1-3-6-11(2)16-15(20)17-13-8-5-4-7-12(13)9-10-14(18)19/h4-5,7-8,11H,3,6,9-10H2,1-2H3,(H,18,19)(H2,16,17,20). The van der Waals surface area contributed by atoms with Gasteiger partial charge in [-0.2, -0.15) is 0 Å². The van der Waals surface area contributed by atoms with Crippen LogP contribution in [0.4, 0.5) is 10.5 Å². The van der Waals surface area contributed by atoms with Crippen LogP contribution < -0.4 is 10.6 Å². The van der Waals surface area contributed by atoms with E-state index in [1.165, 1.54) is 0 Å². The lowest BCUT2D eigenvalue weighted by Crippen LogP contribution is -2.36. The van der Waals surface area contributed by atoms with Crippen LogP contribution in [0.2, 0.25) is 0 Å². The molecule has 20 heavy (non-hydrogen) atoms. The Kier molecular flexibility index (Phi) is 6.56. The summed E-state index contributed by atoms with van der Waals surface area (Å²) >= 11 is 0. The fourth-order valence-electron chi connectivity index (χ4n) is 1.99. The van der Waals surface area contributed by atoms with Crippen LogP contribution in [-0.2, 0) is 11.2 Å². The van der Waals surface area contributed by atoms with E-state index < -0.39 is 5.97 Å². The number of carboxylic acids is 1. The first-order chi connectivity index (χ1) is 9.52. The average Bonchev–Trinajstić information content (AvgIpc) is 2.37. The number of urea groups is 1. The molecule has 0 fully saturated rings. The van der Waals surface area contributed by atoms with Crippen molar-refractivity contribution in [2.24, 2.45) is 0 Å². The molecule has 5 heteroatoms. The number of hydrogen-bond donors (Lipinski definition) is 3. The zero-order chi connectivity index (χ0) is 15.0. The summed E-state index contributed by atoms with van der Waals surface area (Å²) in [6.07, 6.45) is 2.38. The second-order valence-electron chi connectivity index (χ2n) is 4.84. The Morgan fingerprint density at radius 1 is 1.30 bits per heavy atom. The van der Waals surface area contributed by atoms with Gasteiger partial charge in [0.2, 0.25) is 0 Å². The number of aryl methyl sites for hydroxylation is 1. The summed E-state index contributed by atoms with van der Waals surface area (Å²) in [7, 11) is 0. The first-order valence-electron chi connectivity index (χ1n) is 6.90. The van der Waals surface area contributed by atoms with Crippen molar-refractivity contribution in [3.05, 3.63) is 29.8 Å². The Labute approximate surface area is 119 Å². The van der Waals surface area contributed by atoms with E-state index >= 15 is 0 Å². The van der Waals surface area contributed by atoms with Crippen LogP contribution in [0.3, 0.4) is 0 Å². The third kappa shape index (κ3) is 5.73. The lowest BCUT2D eigenvalue weighted by atomic mass is 10.1. The second-order valence-corrected chi connectivity index (χ2v) is 4.84. The molecule has 0 aliphatic rings. The Bertz CT molecular complexity index is 460. The SMILES string of the molecule is CCCC(C)NC(=O)Nc1ccccc1CCC(=O)O. The molecule has 0 aliphatic carbocycles. The molecule has 0 saturated heterocycles. The van der Waals surface area contributed by atoms with Crippen LogP contribution in [0.25, 0.3) is 0 Å². The number of carbonyl (C=O) groups is 2. The molecule has 1 aromatic rings. The fourth-order valence-corrected chi connectivity index (χ4v) is 1.99. The van der Waals surface area contributed by atoms with Crippen molar-refractivity contribution in [3.63, 3.8) is 0 Å². The van der Waals surface area contributed by atoms with Crippen molar-refractivity contribution in [1.82, 2.24) is 5.32 Å². The molecule has 110 valence electrons. The first kappa shape index (κ1) is 16.0. The zero-order valence-corrected chi connectivity index (χ0v) is 12.0. The molecule has 0 radical (unpaired) electrons. The maximum atomic E-state index is 11.8. The molecule has 0 bridgehead atoms. The number of hydrogen-bond acceptors (Lipinski definition) is 2. The fraction of sp³-hybridized carbons (Fsp3) is 0.467. The zero-order valence-electron chi connectivity index (χ0n) is 12.0. The van der Waals surface area contributed by atoms with E-state index in [9.17, 15) is 9.59 Å². The summed E-state index contributed by atoms with van der Waals surface area (Å²) in [5, 5.41) is 14.4. The predicted molar refractivity (Wildman–Crippen MR) is 78.9 cm³/mol. The number of anilines is 1. The van der Waals surface area contributed by atoms with Gasteiger partial charge in [-0.1, -0.05) is 31.5 Å². The summed E-state index contributed by atoms with van der Waals surface area (Å²) in [6, 6.07) is 7.12. The van der Waals surface area contributed by atoms with Gasteiger partial charge in [-0.05, 0) is 31.4 Å². The summed E-state index contributed by atoms with van der Waals surface area (Å²) < 4.78 is 0. The molecule has 0 aliphatic heterocycles. The molecule has 0 aromatic heterocycles. The van der Waals surface area contributed by atoms with Crippen LogP contribution >= 0.6 is 0 Å². The third-order valence-corrected chi connectivity index (χ3v) is 2.97. The van der Waals surface area contributed by atoms with Gasteiger partial charge in [0.05, 0.1) is 0 Å². The van der Waals surface area contributed by atoms with E-state index in [1.807, 2.05) is 25.1 Å². The van der Waals surface area contributed by atoms with E-state index in [0.717, 1.165) is 18.4 Å². The van der Waals surface area contributed by atoms with Gasteiger partial charge < -0.3 is 15.7 Å². The molecular formula is C15H22N2O3. The summed E-state index contributed by atoms with van der Waals surface area (Å²) in [6.45, 7) is 4.02. The Hall–Kier alpha value is -2.04. The minimum atomic E-state index is -0.846. The largest absolute Gasteiger partial charge is 0.481 e. The molecular weight excluding hydrogens is 256 g/mol. The quantitative estimate of drug-likeness (QED) is 0.717. The average molecular weight is 278 g/mol. The highest BCUT2D eigenvalue weighted by atomic mass is 16.4. The van der Waals surface area contributed by atoms with E-state index in [-0.39, 0.29) is 18.5 Å². The Morgan fingerprint density at radius 2 is 2.00 bits per heavy atom. The van der Waals surface area contributed by atoms with E-state index in [1.54, 1.807) is 6.07 Å². The Morgan fingerprint density at radius 3 is 2.65 bits per heavy atom. The molecule has 1 aromatic carbocycles. The summed E-state index contributed by atoms with van der Waals surface area (Å²) in [5.41, 5.74) is 1.49. The van der Waals surface area contributed by atoms with Gasteiger partial charge in [-0.15, -0.1) is 0 Å². The predicted octanol–water partition coefficient (Wildman–Crippen LogP) is 3.01. The second kappa shape index (κ2) is 8.19. The molecule has 0 saturated carbocycles. The highest BCUT2D eigenvalue weighted by Crippen LogP contribution is 2.16. The lowest BCUT2D eigenvalue weighted by molar-refractivity contribution is -0.136. The van der Waals surface area contributed by atoms with Crippen molar-refractivity contribution < 1.29 is 14.7 Å². The molecule has 1 atom stereocenters. The van der Waals surface area contributed by atoms with Gasteiger partial charge in [0.25, 0.3) is 0 Å². The van der Waals surface area contributed by atoms with E-state index in [4.69, 9.17) is 5.11 Å². The molecule has 3 N–H and O–H groups in total. The normalized spacial score (nSPS) is 11.7. The van der Waals surface area contributed by atoms with E-state index in [0.29, 0.717) is 12.1 Å². The van der Waals surface area contributed by atoms with Crippen molar-refractivity contribution in [3.8, 4) is 0 Å². The number of carbonyl (C=O) groups excluding carboxylic acids is 1. The number of carboxylic acid groups (broad SMARTS) is 1. The molecule has 0 heterocycles. The highest BCUT2D eigenvalue weighted by molar-refractivity contribution is 5.90.